The summed E-state index contributed by atoms with van der Waals surface area (Å²) in [5, 5.41) is 13.6. The van der Waals surface area contributed by atoms with E-state index in [0.29, 0.717) is 0 Å². The number of ether oxygens (including phenoxy) is 1. The van der Waals surface area contributed by atoms with Crippen molar-refractivity contribution in [3.05, 3.63) is 28.3 Å². The Morgan fingerprint density at radius 3 is 2.73 bits per heavy atom. The monoisotopic (exact) mass is 364 g/mol. The minimum atomic E-state index is -0.595. The van der Waals surface area contributed by atoms with Gasteiger partial charge in [0.15, 0.2) is 6.61 Å². The number of benzene rings is 1. The molecule has 0 saturated carbocycles. The lowest BCUT2D eigenvalue weighted by molar-refractivity contribution is -0.384. The number of carbonyl (C=O) groups excluding carboxylic acids is 3. The maximum absolute atomic E-state index is 12.4. The zero-order chi connectivity index (χ0) is 19.4. The van der Waals surface area contributed by atoms with Crippen LogP contribution in [0, 0.1) is 10.1 Å². The summed E-state index contributed by atoms with van der Waals surface area (Å²) in [4.78, 5) is 49.0. The number of nitro benzene ring substituents is 1. The number of nitrogens with one attached hydrogen (secondary N) is 1. The lowest BCUT2D eigenvalue weighted by atomic mass is 10.2. The Bertz CT molecular complexity index is 748. The first-order chi connectivity index (χ1) is 12.2. The molecule has 26 heavy (non-hydrogen) atoms. The van der Waals surface area contributed by atoms with Crippen LogP contribution in [0.25, 0.3) is 0 Å². The normalized spacial score (nSPS) is 13.1. The van der Waals surface area contributed by atoms with E-state index < -0.39 is 16.7 Å². The molecule has 1 aliphatic heterocycles. The lowest BCUT2D eigenvalue weighted by Gasteiger charge is -2.30. The number of anilines is 1. The number of nitro groups is 1. The van der Waals surface area contributed by atoms with E-state index in [1.165, 1.54) is 30.1 Å². The third kappa shape index (κ3) is 4.47. The molecule has 1 aliphatic rings. The molecule has 0 atom stereocenters. The molecule has 0 aliphatic carbocycles. The Hall–Kier alpha value is -3.17. The van der Waals surface area contributed by atoms with Gasteiger partial charge in [-0.15, -0.1) is 0 Å². The van der Waals surface area contributed by atoms with Gasteiger partial charge < -0.3 is 15.0 Å². The summed E-state index contributed by atoms with van der Waals surface area (Å²) in [5.74, 6) is -1.01. The maximum atomic E-state index is 12.4. The molecule has 1 heterocycles. The van der Waals surface area contributed by atoms with E-state index >= 15 is 0 Å². The van der Waals surface area contributed by atoms with Gasteiger partial charge in [-0.2, -0.15) is 0 Å². The van der Waals surface area contributed by atoms with Crippen molar-refractivity contribution in [2.45, 2.75) is 19.9 Å². The number of hydrogen-bond acceptors (Lipinski definition) is 6. The van der Waals surface area contributed by atoms with Crippen LogP contribution >= 0.6 is 0 Å². The Labute approximate surface area is 149 Å². The van der Waals surface area contributed by atoms with Gasteiger partial charge in [-0.1, -0.05) is 0 Å². The van der Waals surface area contributed by atoms with Crippen molar-refractivity contribution in [3.8, 4) is 5.75 Å². The summed E-state index contributed by atoms with van der Waals surface area (Å²) in [6.07, 6.45) is 0. The van der Waals surface area contributed by atoms with Gasteiger partial charge in [-0.3, -0.25) is 29.4 Å². The topological polar surface area (TPSA) is 122 Å². The Kier molecular flexibility index (Phi) is 5.75. The van der Waals surface area contributed by atoms with E-state index in [4.69, 9.17) is 4.74 Å². The smallest absolute Gasteiger partial charge is 0.271 e. The molecule has 0 aromatic heterocycles. The highest BCUT2D eigenvalue weighted by Gasteiger charge is 2.30. The highest BCUT2D eigenvalue weighted by Crippen LogP contribution is 2.35. The number of carbonyl (C=O) groups is 3. The number of likely N-dealkylation sites (N-methyl/N-ethyl adjacent to an activating group) is 1. The van der Waals surface area contributed by atoms with Crippen molar-refractivity contribution in [2.24, 2.45) is 0 Å². The van der Waals surface area contributed by atoms with Crippen molar-refractivity contribution < 1.29 is 24.0 Å². The summed E-state index contributed by atoms with van der Waals surface area (Å²) in [5.41, 5.74) is -0.0620. The number of fused-ring (bicyclic) bond motifs is 1. The number of amides is 3. The van der Waals surface area contributed by atoms with Gasteiger partial charge in [0.2, 0.25) is 11.8 Å². The van der Waals surface area contributed by atoms with Crippen molar-refractivity contribution in [1.82, 2.24) is 10.2 Å². The fourth-order valence-electron chi connectivity index (χ4n) is 2.40. The van der Waals surface area contributed by atoms with Gasteiger partial charge in [0.05, 0.1) is 17.2 Å². The van der Waals surface area contributed by atoms with Crippen molar-refractivity contribution >= 4 is 29.1 Å². The van der Waals surface area contributed by atoms with E-state index in [9.17, 15) is 24.5 Å². The van der Waals surface area contributed by atoms with E-state index in [1.54, 1.807) is 13.8 Å². The molecule has 1 N–H and O–H groups in total. The van der Waals surface area contributed by atoms with Gasteiger partial charge in [0, 0.05) is 25.2 Å². The Balaban J connectivity index is 2.14. The standard InChI is InChI=1S/C16H20N4O6/c1-10(2)17-14(21)7-18(3)15(22)8-19-12-6-11(20(24)25)4-5-13(12)26-9-16(19)23/h4-6,10H,7-9H2,1-3H3,(H,17,21). The van der Waals surface area contributed by atoms with Gasteiger partial charge in [-0.25, -0.2) is 0 Å². The molecule has 3 amide bonds. The van der Waals surface area contributed by atoms with Crippen LogP contribution in [0.4, 0.5) is 11.4 Å². The van der Waals surface area contributed by atoms with Crippen LogP contribution in [0.5, 0.6) is 5.75 Å². The van der Waals surface area contributed by atoms with Crippen molar-refractivity contribution in [1.29, 1.82) is 0 Å². The average Bonchev–Trinajstić information content (AvgIpc) is 2.55. The largest absolute Gasteiger partial charge is 0.482 e. The summed E-state index contributed by atoms with van der Waals surface area (Å²) in [6, 6.07) is 3.78. The molecular weight excluding hydrogens is 344 g/mol. The first kappa shape index (κ1) is 19.2. The molecule has 1 aromatic carbocycles. The van der Waals surface area contributed by atoms with E-state index in [2.05, 4.69) is 5.32 Å². The van der Waals surface area contributed by atoms with Gasteiger partial charge in [0.25, 0.3) is 11.6 Å². The van der Waals surface area contributed by atoms with Crippen LogP contribution in [-0.2, 0) is 14.4 Å². The Morgan fingerprint density at radius 2 is 2.12 bits per heavy atom. The van der Waals surface area contributed by atoms with E-state index in [1.807, 2.05) is 0 Å². The van der Waals surface area contributed by atoms with Gasteiger partial charge >= 0.3 is 0 Å². The third-order valence-corrected chi connectivity index (χ3v) is 3.65. The zero-order valence-electron chi connectivity index (χ0n) is 14.7. The molecule has 0 spiro atoms. The molecule has 10 nitrogen and oxygen atoms in total. The van der Waals surface area contributed by atoms with Crippen LogP contribution < -0.4 is 15.0 Å². The SMILES string of the molecule is CC(C)NC(=O)CN(C)C(=O)CN1C(=O)COc2ccc([N+](=O)[O-])cc21. The highest BCUT2D eigenvalue weighted by molar-refractivity contribution is 6.02. The lowest BCUT2D eigenvalue weighted by Crippen LogP contribution is -2.48. The van der Waals surface area contributed by atoms with Crippen molar-refractivity contribution in [3.63, 3.8) is 0 Å². The van der Waals surface area contributed by atoms with E-state index in [0.717, 1.165) is 4.90 Å². The summed E-state index contributed by atoms with van der Waals surface area (Å²) in [7, 11) is 1.45. The molecule has 10 heteroatoms. The quantitative estimate of drug-likeness (QED) is 0.572. The van der Waals surface area contributed by atoms with Crippen LogP contribution in [-0.4, -0.2) is 60.3 Å². The summed E-state index contributed by atoms with van der Waals surface area (Å²) in [6.45, 7) is 2.83. The van der Waals surface area contributed by atoms with E-state index in [-0.39, 0.29) is 48.8 Å². The van der Waals surface area contributed by atoms with Crippen LogP contribution in [0.2, 0.25) is 0 Å². The molecule has 140 valence electrons. The highest BCUT2D eigenvalue weighted by atomic mass is 16.6. The summed E-state index contributed by atoms with van der Waals surface area (Å²) >= 11 is 0. The molecule has 0 saturated heterocycles. The molecule has 1 aromatic rings. The van der Waals surface area contributed by atoms with Crippen LogP contribution in [0.15, 0.2) is 18.2 Å². The van der Waals surface area contributed by atoms with Crippen LogP contribution in [0.3, 0.4) is 0 Å². The molecule has 0 radical (unpaired) electrons. The molecule has 0 bridgehead atoms. The second-order valence-electron chi connectivity index (χ2n) is 6.15. The predicted octanol–water partition coefficient (Wildman–Crippen LogP) is 0.303. The predicted molar refractivity (Wildman–Crippen MR) is 91.9 cm³/mol. The number of hydrogen-bond donors (Lipinski definition) is 1. The first-order valence-corrected chi connectivity index (χ1v) is 7.94. The minimum Gasteiger partial charge on any atom is -0.482 e. The summed E-state index contributed by atoms with van der Waals surface area (Å²) < 4.78 is 5.25. The van der Waals surface area contributed by atoms with Gasteiger partial charge in [0.1, 0.15) is 12.3 Å². The fourth-order valence-corrected chi connectivity index (χ4v) is 2.40. The number of nitrogens with zero attached hydrogens (tertiary/aromatic N) is 3. The minimum absolute atomic E-state index is 0.0563. The molecule has 0 unspecified atom stereocenters. The Morgan fingerprint density at radius 1 is 1.42 bits per heavy atom. The number of rotatable bonds is 6. The molecule has 2 rings (SSSR count). The van der Waals surface area contributed by atoms with Gasteiger partial charge in [-0.05, 0) is 19.9 Å². The first-order valence-electron chi connectivity index (χ1n) is 7.94. The van der Waals surface area contributed by atoms with Crippen molar-refractivity contribution in [2.75, 3.05) is 31.6 Å². The molecule has 0 fully saturated rings. The number of non-ortho nitro benzene ring substituents is 1. The zero-order valence-corrected chi connectivity index (χ0v) is 14.7. The maximum Gasteiger partial charge on any atom is 0.271 e. The third-order valence-electron chi connectivity index (χ3n) is 3.65. The van der Waals surface area contributed by atoms with Crippen LogP contribution in [0.1, 0.15) is 13.8 Å². The average molecular weight is 364 g/mol. The fraction of sp³-hybridized carbons (Fsp3) is 0.438. The second kappa shape index (κ2) is 7.81. The molecular formula is C16H20N4O6. The second-order valence-corrected chi connectivity index (χ2v) is 6.15.